The summed E-state index contributed by atoms with van der Waals surface area (Å²) in [4.78, 5) is 35.8. The van der Waals surface area contributed by atoms with E-state index >= 15 is 0 Å². The Hall–Kier alpha value is -3.66. The lowest BCUT2D eigenvalue weighted by molar-refractivity contribution is -0.142. The number of carbonyl (C=O) groups excluding carboxylic acids is 2. The van der Waals surface area contributed by atoms with Gasteiger partial charge in [0.05, 0.1) is 11.6 Å². The largest absolute Gasteiger partial charge is 0.480 e. The first-order valence-corrected chi connectivity index (χ1v) is 8.72. The summed E-state index contributed by atoms with van der Waals surface area (Å²) in [5.41, 5.74) is 1.98. The van der Waals surface area contributed by atoms with E-state index in [1.165, 1.54) is 6.92 Å². The highest BCUT2D eigenvalue weighted by molar-refractivity contribution is 5.90. The summed E-state index contributed by atoms with van der Waals surface area (Å²) in [6.45, 7) is 1.30. The van der Waals surface area contributed by atoms with Gasteiger partial charge in [0, 0.05) is 19.8 Å². The van der Waals surface area contributed by atoms with Crippen molar-refractivity contribution in [1.29, 1.82) is 5.26 Å². The third-order valence-electron chi connectivity index (χ3n) is 4.11. The number of nitrogens with zero attached hydrogens (tertiary/aromatic N) is 1. The third kappa shape index (κ3) is 6.25. The molecule has 7 heteroatoms. The maximum absolute atomic E-state index is 12.7. The van der Waals surface area contributed by atoms with Crippen LogP contribution in [-0.4, -0.2) is 35.0 Å². The van der Waals surface area contributed by atoms with E-state index < -0.39 is 24.0 Å². The SMILES string of the molecule is CC(=O)N[C@H](Cc1ccccc1)C(=O)N[C@H](Cc1ccc(C#N)cc1)C(=O)O. The normalized spacial score (nSPS) is 12.3. The number of rotatable bonds is 8. The number of amides is 2. The van der Waals surface area contributed by atoms with Crippen LogP contribution in [0.4, 0.5) is 0 Å². The summed E-state index contributed by atoms with van der Waals surface area (Å²) in [5, 5.41) is 23.4. The minimum atomic E-state index is -1.18. The van der Waals surface area contributed by atoms with Crippen LogP contribution in [0.3, 0.4) is 0 Å². The van der Waals surface area contributed by atoms with Gasteiger partial charge in [-0.25, -0.2) is 4.79 Å². The smallest absolute Gasteiger partial charge is 0.326 e. The second-order valence-electron chi connectivity index (χ2n) is 6.36. The number of carboxylic acid groups (broad SMARTS) is 1. The summed E-state index contributed by atoms with van der Waals surface area (Å²) in [6.07, 6.45) is 0.306. The molecule has 0 bridgehead atoms. The molecular weight excluding hydrogens is 358 g/mol. The highest BCUT2D eigenvalue weighted by atomic mass is 16.4. The molecule has 2 atom stereocenters. The van der Waals surface area contributed by atoms with E-state index in [0.717, 1.165) is 5.56 Å². The third-order valence-corrected chi connectivity index (χ3v) is 4.11. The van der Waals surface area contributed by atoms with Gasteiger partial charge in [-0.15, -0.1) is 0 Å². The van der Waals surface area contributed by atoms with Crippen molar-refractivity contribution < 1.29 is 19.5 Å². The van der Waals surface area contributed by atoms with E-state index in [-0.39, 0.29) is 18.7 Å². The van der Waals surface area contributed by atoms with Crippen molar-refractivity contribution in [3.8, 4) is 6.07 Å². The second-order valence-corrected chi connectivity index (χ2v) is 6.36. The first-order chi connectivity index (χ1) is 13.4. The molecule has 0 fully saturated rings. The first kappa shape index (κ1) is 20.6. The number of aliphatic carboxylic acids is 1. The molecule has 0 aliphatic carbocycles. The Kier molecular flexibility index (Phi) is 7.28. The fraction of sp³-hybridized carbons (Fsp3) is 0.238. The summed E-state index contributed by atoms with van der Waals surface area (Å²) in [7, 11) is 0. The average Bonchev–Trinajstić information content (AvgIpc) is 2.67. The fourth-order valence-corrected chi connectivity index (χ4v) is 2.73. The number of carbonyl (C=O) groups is 3. The number of nitriles is 1. The molecule has 2 amide bonds. The van der Waals surface area contributed by atoms with Gasteiger partial charge in [0.1, 0.15) is 12.1 Å². The Morgan fingerprint density at radius 3 is 2.04 bits per heavy atom. The van der Waals surface area contributed by atoms with Gasteiger partial charge in [-0.3, -0.25) is 9.59 Å². The molecule has 0 aliphatic rings. The van der Waals surface area contributed by atoms with E-state index in [1.54, 1.807) is 24.3 Å². The van der Waals surface area contributed by atoms with Crippen LogP contribution in [0.1, 0.15) is 23.6 Å². The molecule has 28 heavy (non-hydrogen) atoms. The highest BCUT2D eigenvalue weighted by Crippen LogP contribution is 2.08. The van der Waals surface area contributed by atoms with Crippen molar-refractivity contribution in [2.24, 2.45) is 0 Å². The lowest BCUT2D eigenvalue weighted by Crippen LogP contribution is -2.52. The number of nitrogens with one attached hydrogen (secondary N) is 2. The highest BCUT2D eigenvalue weighted by Gasteiger charge is 2.26. The van der Waals surface area contributed by atoms with Crippen molar-refractivity contribution in [3.63, 3.8) is 0 Å². The van der Waals surface area contributed by atoms with Gasteiger partial charge in [-0.05, 0) is 23.3 Å². The van der Waals surface area contributed by atoms with Gasteiger partial charge in [-0.2, -0.15) is 5.26 Å². The second kappa shape index (κ2) is 9.88. The molecule has 0 heterocycles. The predicted molar refractivity (Wildman–Crippen MR) is 102 cm³/mol. The summed E-state index contributed by atoms with van der Waals surface area (Å²) in [5.74, 6) is -2.13. The molecule has 3 N–H and O–H groups in total. The van der Waals surface area contributed by atoms with E-state index in [2.05, 4.69) is 10.6 Å². The van der Waals surface area contributed by atoms with Crippen LogP contribution in [0.5, 0.6) is 0 Å². The molecule has 0 spiro atoms. The summed E-state index contributed by atoms with van der Waals surface area (Å²) >= 11 is 0. The van der Waals surface area contributed by atoms with Gasteiger partial charge in [-0.1, -0.05) is 42.5 Å². The van der Waals surface area contributed by atoms with E-state index in [4.69, 9.17) is 5.26 Å². The quantitative estimate of drug-likeness (QED) is 0.641. The van der Waals surface area contributed by atoms with Crippen LogP contribution in [0.2, 0.25) is 0 Å². The maximum atomic E-state index is 12.7. The fourth-order valence-electron chi connectivity index (χ4n) is 2.73. The number of benzene rings is 2. The van der Waals surface area contributed by atoms with E-state index in [9.17, 15) is 19.5 Å². The van der Waals surface area contributed by atoms with Gasteiger partial charge in [0.2, 0.25) is 11.8 Å². The van der Waals surface area contributed by atoms with Crippen LogP contribution in [0.15, 0.2) is 54.6 Å². The van der Waals surface area contributed by atoms with Crippen molar-refractivity contribution >= 4 is 17.8 Å². The van der Waals surface area contributed by atoms with Crippen molar-refractivity contribution in [3.05, 3.63) is 71.3 Å². The van der Waals surface area contributed by atoms with Crippen LogP contribution in [0.25, 0.3) is 0 Å². The summed E-state index contributed by atoms with van der Waals surface area (Å²) < 4.78 is 0. The molecule has 0 saturated carbocycles. The van der Waals surface area contributed by atoms with Crippen LogP contribution in [0, 0.1) is 11.3 Å². The number of hydrogen-bond donors (Lipinski definition) is 3. The number of carboxylic acids is 1. The topological polar surface area (TPSA) is 119 Å². The van der Waals surface area contributed by atoms with Crippen molar-refractivity contribution in [1.82, 2.24) is 10.6 Å². The molecule has 0 radical (unpaired) electrons. The lowest BCUT2D eigenvalue weighted by Gasteiger charge is -2.21. The monoisotopic (exact) mass is 379 g/mol. The molecule has 0 aromatic heterocycles. The lowest BCUT2D eigenvalue weighted by atomic mass is 10.0. The van der Waals surface area contributed by atoms with E-state index in [1.807, 2.05) is 36.4 Å². The zero-order chi connectivity index (χ0) is 20.5. The standard InChI is InChI=1S/C21H21N3O4/c1-14(25)23-18(11-15-5-3-2-4-6-15)20(26)24-19(21(27)28)12-16-7-9-17(13-22)10-8-16/h2-10,18-19H,11-12H2,1H3,(H,23,25)(H,24,26)(H,27,28)/t18-,19-/m1/s1. The van der Waals surface area contributed by atoms with Gasteiger partial charge >= 0.3 is 5.97 Å². The molecule has 2 aromatic carbocycles. The molecule has 0 aliphatic heterocycles. The molecule has 7 nitrogen and oxygen atoms in total. The average molecular weight is 379 g/mol. The molecule has 2 rings (SSSR count). The van der Waals surface area contributed by atoms with Crippen molar-refractivity contribution in [2.45, 2.75) is 31.8 Å². The maximum Gasteiger partial charge on any atom is 0.326 e. The van der Waals surface area contributed by atoms with Crippen molar-refractivity contribution in [2.75, 3.05) is 0 Å². The molecule has 0 saturated heterocycles. The van der Waals surface area contributed by atoms with Gasteiger partial charge in [0.15, 0.2) is 0 Å². The minimum Gasteiger partial charge on any atom is -0.480 e. The van der Waals surface area contributed by atoms with Gasteiger partial charge < -0.3 is 15.7 Å². The molecule has 2 aromatic rings. The van der Waals surface area contributed by atoms with Crippen LogP contribution >= 0.6 is 0 Å². The summed E-state index contributed by atoms with van der Waals surface area (Å²) in [6, 6.07) is 15.6. The van der Waals surface area contributed by atoms with Crippen LogP contribution < -0.4 is 10.6 Å². The molecular formula is C21H21N3O4. The minimum absolute atomic E-state index is 0.0604. The Morgan fingerprint density at radius 2 is 1.50 bits per heavy atom. The Balaban J connectivity index is 2.11. The Bertz CT molecular complexity index is 873. The Labute approximate surface area is 163 Å². The van der Waals surface area contributed by atoms with E-state index in [0.29, 0.717) is 11.1 Å². The molecule has 144 valence electrons. The first-order valence-electron chi connectivity index (χ1n) is 8.72. The molecule has 0 unspecified atom stereocenters. The Morgan fingerprint density at radius 1 is 0.929 bits per heavy atom. The van der Waals surface area contributed by atoms with Gasteiger partial charge in [0.25, 0.3) is 0 Å². The number of hydrogen-bond acceptors (Lipinski definition) is 4. The predicted octanol–water partition coefficient (Wildman–Crippen LogP) is 1.42. The zero-order valence-electron chi connectivity index (χ0n) is 15.4. The van der Waals surface area contributed by atoms with Crippen LogP contribution in [-0.2, 0) is 27.2 Å². The zero-order valence-corrected chi connectivity index (χ0v) is 15.4.